The molecule has 8 N–H and O–H groups in total. The number of fused-ring (bicyclic) bond motifs is 1. The van der Waals surface area contributed by atoms with Gasteiger partial charge in [0.05, 0.1) is 12.5 Å². The van der Waals surface area contributed by atoms with Gasteiger partial charge in [-0.25, -0.2) is 4.79 Å². The Hall–Kier alpha value is -3.93. The summed E-state index contributed by atoms with van der Waals surface area (Å²) in [7, 11) is 0. The largest absolute Gasteiger partial charge is 0.481 e. The van der Waals surface area contributed by atoms with Crippen LogP contribution in [0.15, 0.2) is 30.5 Å². The maximum Gasteiger partial charge on any atom is 0.326 e. The lowest BCUT2D eigenvalue weighted by Crippen LogP contribution is -2.57. The Morgan fingerprint density at radius 3 is 2.25 bits per heavy atom. The lowest BCUT2D eigenvalue weighted by Gasteiger charge is -2.25. The first-order valence-corrected chi connectivity index (χ1v) is 11.6. The average Bonchev–Trinajstić information content (AvgIpc) is 3.23. The molecular formula is C24H33N5O7. The molecule has 3 amide bonds. The third-order valence-electron chi connectivity index (χ3n) is 5.99. The number of nitrogens with two attached hydrogens (primary N) is 1. The molecule has 5 atom stereocenters. The van der Waals surface area contributed by atoms with Crippen molar-refractivity contribution in [3.63, 3.8) is 0 Å². The minimum atomic E-state index is -1.38. The number of rotatable bonds is 13. The van der Waals surface area contributed by atoms with Gasteiger partial charge in [0.2, 0.25) is 17.7 Å². The van der Waals surface area contributed by atoms with Gasteiger partial charge in [0.15, 0.2) is 0 Å². The molecular weight excluding hydrogens is 470 g/mol. The van der Waals surface area contributed by atoms with Gasteiger partial charge >= 0.3 is 11.9 Å². The number of H-pyrrole nitrogens is 1. The minimum Gasteiger partial charge on any atom is -0.481 e. The Morgan fingerprint density at radius 1 is 0.972 bits per heavy atom. The van der Waals surface area contributed by atoms with E-state index >= 15 is 0 Å². The molecule has 0 aliphatic rings. The number of benzene rings is 1. The maximum atomic E-state index is 13.1. The van der Waals surface area contributed by atoms with E-state index in [-0.39, 0.29) is 12.3 Å². The zero-order valence-corrected chi connectivity index (χ0v) is 20.4. The number of carbonyl (C=O) groups excluding carboxylic acids is 3. The van der Waals surface area contributed by atoms with Crippen LogP contribution in [0.5, 0.6) is 0 Å². The van der Waals surface area contributed by atoms with Crippen molar-refractivity contribution in [1.29, 1.82) is 0 Å². The number of hydrogen-bond acceptors (Lipinski definition) is 6. The predicted molar refractivity (Wildman–Crippen MR) is 131 cm³/mol. The maximum absolute atomic E-state index is 13.1. The number of aliphatic carboxylic acids is 2. The second kappa shape index (κ2) is 12.7. The molecule has 0 bridgehead atoms. The summed E-state index contributed by atoms with van der Waals surface area (Å²) in [6, 6.07) is 2.53. The SMILES string of the molecule is CCC(C)C(NC(=O)C(C)NC(=O)C(Cc1c[nH]c2ccccc12)NC(=O)C(N)CC(=O)O)C(=O)O. The quantitative estimate of drug-likeness (QED) is 0.199. The molecule has 36 heavy (non-hydrogen) atoms. The summed E-state index contributed by atoms with van der Waals surface area (Å²) in [4.78, 5) is 63.8. The lowest BCUT2D eigenvalue weighted by atomic mass is 9.99. The van der Waals surface area contributed by atoms with Crippen molar-refractivity contribution in [3.05, 3.63) is 36.0 Å². The van der Waals surface area contributed by atoms with E-state index < -0.39 is 60.2 Å². The number of hydrogen-bond donors (Lipinski definition) is 7. The number of nitrogens with one attached hydrogen (secondary N) is 4. The summed E-state index contributed by atoms with van der Waals surface area (Å²) in [6.45, 7) is 4.88. The summed E-state index contributed by atoms with van der Waals surface area (Å²) >= 11 is 0. The number of para-hydroxylation sites is 1. The summed E-state index contributed by atoms with van der Waals surface area (Å²) < 4.78 is 0. The lowest BCUT2D eigenvalue weighted by molar-refractivity contribution is -0.143. The number of aromatic amines is 1. The molecule has 5 unspecified atom stereocenters. The number of carbonyl (C=O) groups is 5. The fourth-order valence-electron chi connectivity index (χ4n) is 3.63. The van der Waals surface area contributed by atoms with Crippen molar-refractivity contribution in [3.8, 4) is 0 Å². The van der Waals surface area contributed by atoms with Gasteiger partial charge in [-0.15, -0.1) is 0 Å². The molecule has 0 aliphatic heterocycles. The third kappa shape index (κ3) is 7.54. The summed E-state index contributed by atoms with van der Waals surface area (Å²) in [6.07, 6.45) is 1.61. The highest BCUT2D eigenvalue weighted by molar-refractivity contribution is 5.95. The molecule has 1 heterocycles. The Bertz CT molecular complexity index is 1120. The topological polar surface area (TPSA) is 204 Å². The van der Waals surface area contributed by atoms with Crippen molar-refractivity contribution < 1.29 is 34.2 Å². The summed E-state index contributed by atoms with van der Waals surface area (Å²) in [5.74, 6) is -5.04. The highest BCUT2D eigenvalue weighted by Gasteiger charge is 2.31. The summed E-state index contributed by atoms with van der Waals surface area (Å²) in [5, 5.41) is 26.6. The molecule has 0 saturated carbocycles. The third-order valence-corrected chi connectivity index (χ3v) is 5.99. The zero-order chi connectivity index (χ0) is 27.0. The van der Waals surface area contributed by atoms with Crippen LogP contribution < -0.4 is 21.7 Å². The van der Waals surface area contributed by atoms with Crippen LogP contribution in [0, 0.1) is 5.92 Å². The van der Waals surface area contributed by atoms with Crippen molar-refractivity contribution in [2.24, 2.45) is 11.7 Å². The first-order chi connectivity index (χ1) is 16.9. The Labute approximate surface area is 208 Å². The molecule has 1 aromatic carbocycles. The van der Waals surface area contributed by atoms with E-state index in [4.69, 9.17) is 10.8 Å². The molecule has 0 aliphatic carbocycles. The molecule has 12 heteroatoms. The number of carboxylic acid groups (broad SMARTS) is 2. The van der Waals surface area contributed by atoms with E-state index in [0.717, 1.165) is 10.9 Å². The molecule has 0 radical (unpaired) electrons. The molecule has 2 rings (SSSR count). The smallest absolute Gasteiger partial charge is 0.326 e. The van der Waals surface area contributed by atoms with Gasteiger partial charge in [0.1, 0.15) is 18.1 Å². The Balaban J connectivity index is 2.20. The van der Waals surface area contributed by atoms with Crippen LogP contribution in [0.25, 0.3) is 10.9 Å². The zero-order valence-electron chi connectivity index (χ0n) is 20.4. The van der Waals surface area contributed by atoms with E-state index in [1.165, 1.54) is 6.92 Å². The summed E-state index contributed by atoms with van der Waals surface area (Å²) in [5.41, 5.74) is 7.18. The van der Waals surface area contributed by atoms with Crippen LogP contribution in [-0.4, -0.2) is 69.0 Å². The second-order valence-corrected chi connectivity index (χ2v) is 8.77. The van der Waals surface area contributed by atoms with Crippen molar-refractivity contribution in [1.82, 2.24) is 20.9 Å². The molecule has 2 aromatic rings. The van der Waals surface area contributed by atoms with E-state index in [9.17, 15) is 29.1 Å². The van der Waals surface area contributed by atoms with Crippen LogP contribution in [-0.2, 0) is 30.4 Å². The molecule has 0 saturated heterocycles. The van der Waals surface area contributed by atoms with Crippen LogP contribution in [0.3, 0.4) is 0 Å². The molecule has 1 aromatic heterocycles. The van der Waals surface area contributed by atoms with E-state index in [2.05, 4.69) is 20.9 Å². The second-order valence-electron chi connectivity index (χ2n) is 8.77. The molecule has 196 valence electrons. The van der Waals surface area contributed by atoms with Gasteiger partial charge in [-0.3, -0.25) is 19.2 Å². The van der Waals surface area contributed by atoms with Crippen molar-refractivity contribution in [2.75, 3.05) is 0 Å². The van der Waals surface area contributed by atoms with Crippen LogP contribution in [0.4, 0.5) is 0 Å². The molecule has 12 nitrogen and oxygen atoms in total. The van der Waals surface area contributed by atoms with Gasteiger partial charge < -0.3 is 36.9 Å². The highest BCUT2D eigenvalue weighted by atomic mass is 16.4. The standard InChI is InChI=1S/C24H33N5O7/c1-4-12(2)20(24(35)36)29-21(32)13(3)27-23(34)18(28-22(33)16(25)10-19(30)31)9-14-11-26-17-8-6-5-7-15(14)17/h5-8,11-13,16,18,20,26H,4,9-10,25H2,1-3H3,(H,27,34)(H,28,33)(H,29,32)(H,30,31)(H,35,36). The van der Waals surface area contributed by atoms with Gasteiger partial charge in [0, 0.05) is 23.5 Å². The first-order valence-electron chi connectivity index (χ1n) is 11.6. The molecule has 0 spiro atoms. The molecule has 0 fully saturated rings. The fraction of sp³-hybridized carbons (Fsp3) is 0.458. The van der Waals surface area contributed by atoms with Gasteiger partial charge in [-0.05, 0) is 24.5 Å². The number of amides is 3. The monoisotopic (exact) mass is 503 g/mol. The normalized spacial score (nSPS) is 15.2. The first kappa shape index (κ1) is 28.3. The van der Waals surface area contributed by atoms with Crippen molar-refractivity contribution >= 4 is 40.6 Å². The van der Waals surface area contributed by atoms with Crippen LogP contribution in [0.1, 0.15) is 39.2 Å². The number of aromatic nitrogens is 1. The van der Waals surface area contributed by atoms with Crippen LogP contribution in [0.2, 0.25) is 0 Å². The fourth-order valence-corrected chi connectivity index (χ4v) is 3.63. The Morgan fingerprint density at radius 2 is 1.64 bits per heavy atom. The Kier molecular flexibility index (Phi) is 9.97. The average molecular weight is 504 g/mol. The van der Waals surface area contributed by atoms with Gasteiger partial charge in [-0.1, -0.05) is 38.5 Å². The predicted octanol–water partition coefficient (Wildman–Crippen LogP) is 0.117. The highest BCUT2D eigenvalue weighted by Crippen LogP contribution is 2.19. The van der Waals surface area contributed by atoms with E-state index in [1.54, 1.807) is 20.0 Å². The van der Waals surface area contributed by atoms with Crippen LogP contribution >= 0.6 is 0 Å². The van der Waals surface area contributed by atoms with E-state index in [0.29, 0.717) is 12.0 Å². The minimum absolute atomic E-state index is 0.0281. The van der Waals surface area contributed by atoms with E-state index in [1.807, 2.05) is 24.3 Å². The van der Waals surface area contributed by atoms with Crippen molar-refractivity contribution in [2.45, 2.75) is 64.2 Å². The van der Waals surface area contributed by atoms with Gasteiger partial charge in [-0.2, -0.15) is 0 Å². The number of carboxylic acids is 2. The van der Waals surface area contributed by atoms with Gasteiger partial charge in [0.25, 0.3) is 0 Å².